The zero-order chi connectivity index (χ0) is 13.8. The van der Waals surface area contributed by atoms with E-state index in [1.807, 2.05) is 25.7 Å². The molecule has 18 heavy (non-hydrogen) atoms. The minimum atomic E-state index is -0.645. The summed E-state index contributed by atoms with van der Waals surface area (Å²) in [4.78, 5) is 25.9. The van der Waals surface area contributed by atoms with Crippen molar-refractivity contribution in [1.82, 2.24) is 15.5 Å². The lowest BCUT2D eigenvalue weighted by molar-refractivity contribution is -0.136. The summed E-state index contributed by atoms with van der Waals surface area (Å²) in [6, 6.07) is -0.450. The Balaban J connectivity index is 2.50. The number of carbonyl (C=O) groups excluding carboxylic acids is 2. The summed E-state index contributed by atoms with van der Waals surface area (Å²) in [5.74, 6) is -0.113. The second kappa shape index (κ2) is 6.18. The van der Waals surface area contributed by atoms with Crippen molar-refractivity contribution in [3.63, 3.8) is 0 Å². The van der Waals surface area contributed by atoms with Crippen LogP contribution in [0.4, 0.5) is 0 Å². The summed E-state index contributed by atoms with van der Waals surface area (Å²) < 4.78 is 0. The summed E-state index contributed by atoms with van der Waals surface area (Å²) in [5, 5.41) is 5.89. The maximum Gasteiger partial charge on any atom is 0.244 e. The van der Waals surface area contributed by atoms with E-state index in [4.69, 9.17) is 0 Å². The molecule has 1 unspecified atom stereocenters. The van der Waals surface area contributed by atoms with Crippen molar-refractivity contribution >= 4 is 11.8 Å². The predicted octanol–water partition coefficient (Wildman–Crippen LogP) is 0.502. The first-order valence-corrected chi connectivity index (χ1v) is 6.73. The van der Waals surface area contributed by atoms with Gasteiger partial charge in [-0.05, 0) is 40.2 Å². The van der Waals surface area contributed by atoms with Crippen LogP contribution in [0.25, 0.3) is 0 Å². The van der Waals surface area contributed by atoms with Gasteiger partial charge in [0.1, 0.15) is 6.04 Å². The molecule has 1 rings (SSSR count). The molecule has 2 amide bonds. The van der Waals surface area contributed by atoms with Gasteiger partial charge in [0.25, 0.3) is 0 Å². The number of amides is 2. The van der Waals surface area contributed by atoms with Crippen molar-refractivity contribution < 1.29 is 9.59 Å². The average molecular weight is 255 g/mol. The molecule has 0 aromatic carbocycles. The Hall–Kier alpha value is -1.10. The fraction of sp³-hybridized carbons (Fsp3) is 0.846. The lowest BCUT2D eigenvalue weighted by Gasteiger charge is -2.28. The summed E-state index contributed by atoms with van der Waals surface area (Å²) in [6.45, 7) is 9.69. The Morgan fingerprint density at radius 3 is 2.33 bits per heavy atom. The number of hydrogen-bond acceptors (Lipinski definition) is 3. The molecule has 0 radical (unpaired) electrons. The van der Waals surface area contributed by atoms with Crippen molar-refractivity contribution in [2.24, 2.45) is 0 Å². The van der Waals surface area contributed by atoms with Crippen LogP contribution in [0.1, 0.15) is 40.5 Å². The molecule has 0 bridgehead atoms. The number of nitrogens with zero attached hydrogens (tertiary/aromatic N) is 1. The first-order chi connectivity index (χ1) is 8.38. The van der Waals surface area contributed by atoms with Crippen molar-refractivity contribution in [3.8, 4) is 0 Å². The lowest BCUT2D eigenvalue weighted by atomic mass is 10.0. The highest BCUT2D eigenvalue weighted by atomic mass is 16.2. The van der Waals surface area contributed by atoms with Gasteiger partial charge in [-0.2, -0.15) is 0 Å². The van der Waals surface area contributed by atoms with Gasteiger partial charge in [0.05, 0.1) is 5.54 Å². The van der Waals surface area contributed by atoms with Gasteiger partial charge in [-0.15, -0.1) is 0 Å². The van der Waals surface area contributed by atoms with Crippen molar-refractivity contribution in [3.05, 3.63) is 0 Å². The number of rotatable bonds is 5. The van der Waals surface area contributed by atoms with Gasteiger partial charge < -0.3 is 15.5 Å². The van der Waals surface area contributed by atoms with E-state index in [0.29, 0.717) is 0 Å². The molecule has 1 fully saturated rings. The molecule has 2 N–H and O–H groups in total. The number of carbonyl (C=O) groups is 2. The number of likely N-dealkylation sites (tertiary alicyclic amines) is 1. The zero-order valence-electron chi connectivity index (χ0n) is 11.9. The molecule has 5 heteroatoms. The first-order valence-electron chi connectivity index (χ1n) is 6.73. The molecule has 1 atom stereocenters. The Kier molecular flexibility index (Phi) is 5.14. The molecule has 0 aromatic heterocycles. The Labute approximate surface area is 109 Å². The second-order valence-corrected chi connectivity index (χ2v) is 5.38. The standard InChI is InChI=1S/C13H25N3O2/c1-5-14-13(3,4)12(18)15-10(2)11(17)16-8-6-7-9-16/h10,14H,5-9H2,1-4H3,(H,15,18). The Morgan fingerprint density at radius 2 is 1.83 bits per heavy atom. The molecular weight excluding hydrogens is 230 g/mol. The van der Waals surface area contributed by atoms with E-state index < -0.39 is 11.6 Å². The molecule has 104 valence electrons. The predicted molar refractivity (Wildman–Crippen MR) is 71.2 cm³/mol. The summed E-state index contributed by atoms with van der Waals surface area (Å²) in [5.41, 5.74) is -0.645. The minimum Gasteiger partial charge on any atom is -0.343 e. The molecule has 0 aromatic rings. The highest BCUT2D eigenvalue weighted by Gasteiger charge is 2.30. The lowest BCUT2D eigenvalue weighted by Crippen LogP contribution is -2.57. The van der Waals surface area contributed by atoms with Crippen molar-refractivity contribution in [1.29, 1.82) is 0 Å². The largest absolute Gasteiger partial charge is 0.343 e. The summed E-state index contributed by atoms with van der Waals surface area (Å²) >= 11 is 0. The van der Waals surface area contributed by atoms with E-state index in [2.05, 4.69) is 10.6 Å². The molecule has 0 saturated carbocycles. The summed E-state index contributed by atoms with van der Waals surface area (Å²) in [7, 11) is 0. The third-order valence-electron chi connectivity index (χ3n) is 3.32. The normalized spacial score (nSPS) is 17.7. The highest BCUT2D eigenvalue weighted by Crippen LogP contribution is 2.10. The molecule has 1 heterocycles. The first kappa shape index (κ1) is 15.0. The van der Waals surface area contributed by atoms with Crippen LogP contribution in [-0.4, -0.2) is 47.9 Å². The molecule has 5 nitrogen and oxygen atoms in total. The SMILES string of the molecule is CCNC(C)(C)C(=O)NC(C)C(=O)N1CCCC1. The van der Waals surface area contributed by atoms with E-state index in [1.54, 1.807) is 6.92 Å². The fourth-order valence-corrected chi connectivity index (χ4v) is 2.17. The second-order valence-electron chi connectivity index (χ2n) is 5.38. The van der Waals surface area contributed by atoms with Gasteiger partial charge in [0, 0.05) is 13.1 Å². The highest BCUT2D eigenvalue weighted by molar-refractivity contribution is 5.91. The number of nitrogens with one attached hydrogen (secondary N) is 2. The number of hydrogen-bond donors (Lipinski definition) is 2. The fourth-order valence-electron chi connectivity index (χ4n) is 2.17. The monoisotopic (exact) mass is 255 g/mol. The molecule has 0 spiro atoms. The van der Waals surface area contributed by atoms with Gasteiger partial charge in [0.2, 0.25) is 11.8 Å². The van der Waals surface area contributed by atoms with Crippen LogP contribution in [-0.2, 0) is 9.59 Å². The van der Waals surface area contributed by atoms with Crippen LogP contribution in [0.5, 0.6) is 0 Å². The van der Waals surface area contributed by atoms with Crippen LogP contribution < -0.4 is 10.6 Å². The van der Waals surface area contributed by atoms with Crippen molar-refractivity contribution in [2.45, 2.75) is 52.1 Å². The van der Waals surface area contributed by atoms with Crippen LogP contribution in [0.3, 0.4) is 0 Å². The van der Waals surface area contributed by atoms with E-state index in [-0.39, 0.29) is 11.8 Å². The van der Waals surface area contributed by atoms with Crippen molar-refractivity contribution in [2.75, 3.05) is 19.6 Å². The van der Waals surface area contributed by atoms with Gasteiger partial charge >= 0.3 is 0 Å². The quantitative estimate of drug-likeness (QED) is 0.752. The van der Waals surface area contributed by atoms with E-state index in [0.717, 1.165) is 32.5 Å². The maximum absolute atomic E-state index is 12.1. The molecular formula is C13H25N3O2. The zero-order valence-corrected chi connectivity index (χ0v) is 11.9. The molecule has 0 aliphatic carbocycles. The average Bonchev–Trinajstić information content (AvgIpc) is 2.81. The molecule has 1 aliphatic heterocycles. The molecule has 1 saturated heterocycles. The van der Waals surface area contributed by atoms with Crippen LogP contribution >= 0.6 is 0 Å². The van der Waals surface area contributed by atoms with Gasteiger partial charge in [-0.3, -0.25) is 9.59 Å². The smallest absolute Gasteiger partial charge is 0.244 e. The van der Waals surface area contributed by atoms with Gasteiger partial charge in [0.15, 0.2) is 0 Å². The third kappa shape index (κ3) is 3.70. The van der Waals surface area contributed by atoms with E-state index >= 15 is 0 Å². The van der Waals surface area contributed by atoms with E-state index in [9.17, 15) is 9.59 Å². The third-order valence-corrected chi connectivity index (χ3v) is 3.32. The van der Waals surface area contributed by atoms with Crippen LogP contribution in [0, 0.1) is 0 Å². The number of likely N-dealkylation sites (N-methyl/N-ethyl adjacent to an activating group) is 1. The topological polar surface area (TPSA) is 61.4 Å². The van der Waals surface area contributed by atoms with Crippen LogP contribution in [0.2, 0.25) is 0 Å². The summed E-state index contributed by atoms with van der Waals surface area (Å²) in [6.07, 6.45) is 2.13. The van der Waals surface area contributed by atoms with Gasteiger partial charge in [-0.25, -0.2) is 0 Å². The van der Waals surface area contributed by atoms with Gasteiger partial charge in [-0.1, -0.05) is 6.92 Å². The van der Waals surface area contributed by atoms with Crippen LogP contribution in [0.15, 0.2) is 0 Å². The Bertz CT molecular complexity index is 309. The minimum absolute atomic E-state index is 0.0214. The maximum atomic E-state index is 12.1. The molecule has 1 aliphatic rings. The van der Waals surface area contributed by atoms with E-state index in [1.165, 1.54) is 0 Å². The Morgan fingerprint density at radius 1 is 1.28 bits per heavy atom.